The molecule has 8 heteroatoms. The van der Waals surface area contributed by atoms with Crippen LogP contribution in [0, 0.1) is 18.8 Å². The van der Waals surface area contributed by atoms with E-state index in [2.05, 4.69) is 26.1 Å². The molecule has 0 unspecified atom stereocenters. The molecule has 2 aromatic rings. The molecule has 1 saturated carbocycles. The Morgan fingerprint density at radius 1 is 1.28 bits per heavy atom. The second-order valence-electron chi connectivity index (χ2n) is 9.35. The first-order valence-electron chi connectivity index (χ1n) is 11.3. The zero-order valence-electron chi connectivity index (χ0n) is 19.1. The first-order valence-corrected chi connectivity index (χ1v) is 12.5. The lowest BCUT2D eigenvalue weighted by molar-refractivity contribution is -0.122. The van der Waals surface area contributed by atoms with Crippen LogP contribution in [0.15, 0.2) is 28.0 Å². The van der Waals surface area contributed by atoms with Crippen LogP contribution >= 0.6 is 24.0 Å². The molecule has 6 nitrogen and oxygen atoms in total. The third-order valence-corrected chi connectivity index (χ3v) is 7.52. The summed E-state index contributed by atoms with van der Waals surface area (Å²) in [5.41, 5.74) is 1.80. The van der Waals surface area contributed by atoms with Gasteiger partial charge < -0.3 is 5.32 Å². The van der Waals surface area contributed by atoms with Gasteiger partial charge in [0, 0.05) is 18.8 Å². The molecule has 4 rings (SSSR count). The van der Waals surface area contributed by atoms with Gasteiger partial charge in [-0.2, -0.15) is 0 Å². The normalized spacial score (nSPS) is 23.0. The van der Waals surface area contributed by atoms with Crippen LogP contribution in [0.1, 0.15) is 57.6 Å². The fourth-order valence-electron chi connectivity index (χ4n) is 4.30. The molecule has 1 aliphatic heterocycles. The summed E-state index contributed by atoms with van der Waals surface area (Å²) in [5, 5.41) is 3.54. The van der Waals surface area contributed by atoms with E-state index >= 15 is 0 Å². The molecule has 3 heterocycles. The monoisotopic (exact) mass is 470 g/mol. The summed E-state index contributed by atoms with van der Waals surface area (Å²) in [6, 6.07) is 4.06. The van der Waals surface area contributed by atoms with E-state index in [1.54, 1.807) is 21.6 Å². The van der Waals surface area contributed by atoms with Crippen LogP contribution in [-0.2, 0) is 4.79 Å². The SMILES string of the molecule is Cc1cccn2c(=O)c(C=C3SC(=S)N(CC(C)C)C3=O)c(NC3CCC(C)CC3)nc12. The molecule has 0 atom stereocenters. The van der Waals surface area contributed by atoms with Gasteiger partial charge in [-0.1, -0.05) is 50.8 Å². The molecule has 0 spiro atoms. The highest BCUT2D eigenvalue weighted by Crippen LogP contribution is 2.34. The Kier molecular flexibility index (Phi) is 6.72. The van der Waals surface area contributed by atoms with Crippen LogP contribution in [0.2, 0.25) is 0 Å². The average Bonchev–Trinajstić information content (AvgIpc) is 3.00. The number of aromatic nitrogens is 2. The first-order chi connectivity index (χ1) is 15.2. The van der Waals surface area contributed by atoms with Crippen molar-refractivity contribution in [3.8, 4) is 0 Å². The first kappa shape index (κ1) is 23.0. The van der Waals surface area contributed by atoms with E-state index in [0.717, 1.165) is 37.2 Å². The quantitative estimate of drug-likeness (QED) is 0.498. The molecule has 1 saturated heterocycles. The largest absolute Gasteiger partial charge is 0.367 e. The molecular weight excluding hydrogens is 440 g/mol. The van der Waals surface area contributed by atoms with Crippen molar-refractivity contribution in [3.05, 3.63) is 44.7 Å². The fourth-order valence-corrected chi connectivity index (χ4v) is 5.56. The van der Waals surface area contributed by atoms with Gasteiger partial charge in [0.2, 0.25) is 0 Å². The number of carbonyl (C=O) groups excluding carboxylic acids is 1. The van der Waals surface area contributed by atoms with Gasteiger partial charge in [0.15, 0.2) is 0 Å². The van der Waals surface area contributed by atoms with Crippen molar-refractivity contribution >= 4 is 51.7 Å². The van der Waals surface area contributed by atoms with Gasteiger partial charge in [-0.3, -0.25) is 18.9 Å². The van der Waals surface area contributed by atoms with Gasteiger partial charge in [-0.15, -0.1) is 0 Å². The van der Waals surface area contributed by atoms with Crippen molar-refractivity contribution < 1.29 is 4.79 Å². The van der Waals surface area contributed by atoms with Gasteiger partial charge in [0.05, 0.1) is 10.5 Å². The van der Waals surface area contributed by atoms with E-state index in [1.807, 2.05) is 19.1 Å². The number of carbonyl (C=O) groups is 1. The van der Waals surface area contributed by atoms with Gasteiger partial charge in [0.25, 0.3) is 11.5 Å². The Balaban J connectivity index is 1.78. The minimum atomic E-state index is -0.181. The van der Waals surface area contributed by atoms with Crippen molar-refractivity contribution in [1.82, 2.24) is 14.3 Å². The summed E-state index contributed by atoms with van der Waals surface area (Å²) in [6.45, 7) is 8.91. The van der Waals surface area contributed by atoms with Crippen molar-refractivity contribution in [2.75, 3.05) is 11.9 Å². The number of hydrogen-bond acceptors (Lipinski definition) is 6. The number of hydrogen-bond donors (Lipinski definition) is 1. The molecule has 170 valence electrons. The topological polar surface area (TPSA) is 66.7 Å². The van der Waals surface area contributed by atoms with E-state index in [9.17, 15) is 9.59 Å². The van der Waals surface area contributed by atoms with Crippen molar-refractivity contribution in [1.29, 1.82) is 0 Å². The summed E-state index contributed by atoms with van der Waals surface area (Å²) in [6.07, 6.45) is 7.82. The van der Waals surface area contributed by atoms with Crippen molar-refractivity contribution in [2.24, 2.45) is 11.8 Å². The van der Waals surface area contributed by atoms with E-state index in [4.69, 9.17) is 17.2 Å². The molecule has 0 radical (unpaired) electrons. The number of anilines is 1. The number of thiocarbonyl (C=S) groups is 1. The second kappa shape index (κ2) is 9.35. The third kappa shape index (κ3) is 4.62. The maximum absolute atomic E-state index is 13.5. The summed E-state index contributed by atoms with van der Waals surface area (Å²) >= 11 is 6.70. The standard InChI is InChI=1S/C24H30N4O2S2/c1-14(2)13-28-23(30)19(32-24(28)31)12-18-20(25-17-9-7-15(3)8-10-17)26-21-16(4)6-5-11-27(21)22(18)29/h5-6,11-12,14-15,17,25H,7-10,13H2,1-4H3. The van der Waals surface area contributed by atoms with Gasteiger partial charge in [0.1, 0.15) is 15.8 Å². The molecule has 1 N–H and O–H groups in total. The summed E-state index contributed by atoms with van der Waals surface area (Å²) in [5.74, 6) is 1.45. The van der Waals surface area contributed by atoms with Gasteiger partial charge in [-0.05, 0) is 62.1 Å². The van der Waals surface area contributed by atoms with Crippen molar-refractivity contribution in [3.63, 3.8) is 0 Å². The smallest absolute Gasteiger partial charge is 0.267 e. The molecule has 2 aromatic heterocycles. The Labute approximate surface area is 198 Å². The van der Waals surface area contributed by atoms with Crippen LogP contribution in [0.25, 0.3) is 11.7 Å². The van der Waals surface area contributed by atoms with E-state index in [0.29, 0.717) is 38.7 Å². The molecular formula is C24H30N4O2S2. The number of thioether (sulfide) groups is 1. The fraction of sp³-hybridized carbons (Fsp3) is 0.500. The van der Waals surface area contributed by atoms with Gasteiger partial charge >= 0.3 is 0 Å². The Morgan fingerprint density at radius 2 is 2.00 bits per heavy atom. The molecule has 1 aliphatic carbocycles. The van der Waals surface area contributed by atoms with E-state index < -0.39 is 0 Å². The summed E-state index contributed by atoms with van der Waals surface area (Å²) < 4.78 is 2.10. The van der Waals surface area contributed by atoms with Gasteiger partial charge in [-0.25, -0.2) is 4.98 Å². The lowest BCUT2D eigenvalue weighted by Gasteiger charge is -2.28. The highest BCUT2D eigenvalue weighted by atomic mass is 32.2. The Bertz CT molecular complexity index is 1150. The number of fused-ring (bicyclic) bond motifs is 1. The number of nitrogens with one attached hydrogen (secondary N) is 1. The zero-order chi connectivity index (χ0) is 23.0. The predicted molar refractivity (Wildman–Crippen MR) is 136 cm³/mol. The lowest BCUT2D eigenvalue weighted by Crippen LogP contribution is -2.31. The molecule has 32 heavy (non-hydrogen) atoms. The average molecular weight is 471 g/mol. The number of amides is 1. The Hall–Kier alpha value is -2.19. The number of nitrogens with zero attached hydrogens (tertiary/aromatic N) is 3. The molecule has 2 fully saturated rings. The van der Waals surface area contributed by atoms with Crippen LogP contribution in [0.3, 0.4) is 0 Å². The van der Waals surface area contributed by atoms with E-state index in [1.165, 1.54) is 11.8 Å². The highest BCUT2D eigenvalue weighted by Gasteiger charge is 2.33. The molecule has 0 aromatic carbocycles. The highest BCUT2D eigenvalue weighted by molar-refractivity contribution is 8.26. The molecule has 1 amide bonds. The Morgan fingerprint density at radius 3 is 2.69 bits per heavy atom. The zero-order valence-corrected chi connectivity index (χ0v) is 20.7. The number of aryl methyl sites for hydroxylation is 1. The molecule has 0 bridgehead atoms. The molecule has 2 aliphatic rings. The summed E-state index contributed by atoms with van der Waals surface area (Å²) in [7, 11) is 0. The maximum atomic E-state index is 13.5. The second-order valence-corrected chi connectivity index (χ2v) is 11.0. The van der Waals surface area contributed by atoms with Crippen molar-refractivity contribution in [2.45, 2.75) is 59.4 Å². The minimum Gasteiger partial charge on any atom is -0.367 e. The summed E-state index contributed by atoms with van der Waals surface area (Å²) in [4.78, 5) is 33.5. The van der Waals surface area contributed by atoms with Crippen LogP contribution < -0.4 is 10.9 Å². The van der Waals surface area contributed by atoms with Crippen LogP contribution in [0.4, 0.5) is 5.82 Å². The van der Waals surface area contributed by atoms with E-state index in [-0.39, 0.29) is 17.5 Å². The minimum absolute atomic E-state index is 0.139. The number of pyridine rings is 1. The van der Waals surface area contributed by atoms with Crippen LogP contribution in [0.5, 0.6) is 0 Å². The number of rotatable bonds is 5. The maximum Gasteiger partial charge on any atom is 0.267 e. The lowest BCUT2D eigenvalue weighted by atomic mass is 9.87. The predicted octanol–water partition coefficient (Wildman–Crippen LogP) is 4.85. The third-order valence-electron chi connectivity index (χ3n) is 6.14. The van der Waals surface area contributed by atoms with Crippen LogP contribution in [-0.4, -0.2) is 37.1 Å².